The van der Waals surface area contributed by atoms with Gasteiger partial charge in [-0.2, -0.15) is 12.7 Å². The van der Waals surface area contributed by atoms with E-state index < -0.39 is 15.6 Å². The number of rotatable bonds is 9. The lowest BCUT2D eigenvalue weighted by Crippen LogP contribution is -2.62. The number of carbonyl (C=O) groups is 2. The summed E-state index contributed by atoms with van der Waals surface area (Å²) in [4.78, 5) is 25.3. The van der Waals surface area contributed by atoms with Gasteiger partial charge in [-0.25, -0.2) is 0 Å². The van der Waals surface area contributed by atoms with Gasteiger partial charge in [-0.15, -0.1) is 0 Å². The molecule has 4 fully saturated rings. The predicted octanol–water partition coefficient (Wildman–Crippen LogP) is 3.84. The summed E-state index contributed by atoms with van der Waals surface area (Å²) in [5.74, 6) is 0.230. The van der Waals surface area contributed by atoms with E-state index in [9.17, 15) is 18.0 Å². The summed E-state index contributed by atoms with van der Waals surface area (Å²) in [5.41, 5.74) is 5.43. The van der Waals surface area contributed by atoms with Crippen LogP contribution in [-0.2, 0) is 19.8 Å². The Morgan fingerprint density at radius 3 is 2.11 bits per heavy atom. The SMILES string of the molecule is CCN(CC(=O)NC1C2CC3CC1CC(C(N)=O)(C3)C2)S(=O)(=O)N(CC)c1c(Cl)cc(Cl)cc1Cl. The molecule has 4 saturated carbocycles. The van der Waals surface area contributed by atoms with Crippen LogP contribution in [0.4, 0.5) is 5.69 Å². The van der Waals surface area contributed by atoms with Crippen LogP contribution in [0.3, 0.4) is 0 Å². The molecule has 2 atom stereocenters. The quantitative estimate of drug-likeness (QED) is 0.474. The third-order valence-corrected chi connectivity index (χ3v) is 10.8. The Bertz CT molecular complexity index is 1090. The van der Waals surface area contributed by atoms with Gasteiger partial charge in [0, 0.05) is 29.6 Å². The van der Waals surface area contributed by atoms with Crippen LogP contribution in [0.2, 0.25) is 15.1 Å². The van der Waals surface area contributed by atoms with Crippen LogP contribution in [0.1, 0.15) is 46.0 Å². The minimum absolute atomic E-state index is 0.0604. The minimum atomic E-state index is -4.12. The molecule has 0 radical (unpaired) electrons. The summed E-state index contributed by atoms with van der Waals surface area (Å²) >= 11 is 18.6. The third kappa shape index (κ3) is 4.87. The highest BCUT2D eigenvalue weighted by molar-refractivity contribution is 7.90. The third-order valence-electron chi connectivity index (χ3n) is 7.92. The van der Waals surface area contributed by atoms with Crippen molar-refractivity contribution in [3.05, 3.63) is 27.2 Å². The molecular weight excluding hydrogens is 535 g/mol. The summed E-state index contributed by atoms with van der Waals surface area (Å²) in [6.07, 6.45) is 4.15. The highest BCUT2D eigenvalue weighted by atomic mass is 35.5. The molecule has 4 aliphatic carbocycles. The Balaban J connectivity index is 1.49. The molecule has 2 amide bonds. The van der Waals surface area contributed by atoms with Gasteiger partial charge in [0.15, 0.2) is 0 Å². The standard InChI is InChI=1S/C23H31Cl3N4O4S/c1-3-29(35(33,34)30(4-2)21-17(25)7-16(24)8-18(21)26)12-19(31)28-20-14-5-13-6-15(20)11-23(9-13,10-14)22(27)32/h7-8,13-15,20H,3-6,9-12H2,1-2H3,(H2,27,32)(H,28,31). The second-order valence-corrected chi connectivity index (χ2v) is 13.1. The Kier molecular flexibility index (Phi) is 7.57. The molecule has 12 heteroatoms. The van der Waals surface area contributed by atoms with Crippen molar-refractivity contribution in [3.8, 4) is 0 Å². The number of likely N-dealkylation sites (N-methyl/N-ethyl adjacent to an activating group) is 1. The number of halogens is 3. The fraction of sp³-hybridized carbons (Fsp3) is 0.652. The Morgan fingerprint density at radius 2 is 1.63 bits per heavy atom. The summed E-state index contributed by atoms with van der Waals surface area (Å²) < 4.78 is 29.3. The first-order valence-corrected chi connectivity index (χ1v) is 14.5. The summed E-state index contributed by atoms with van der Waals surface area (Å²) in [6.45, 7) is 3.14. The van der Waals surface area contributed by atoms with E-state index in [1.54, 1.807) is 13.8 Å². The first-order valence-electron chi connectivity index (χ1n) is 11.9. The molecule has 1 aromatic rings. The lowest BCUT2D eigenvalue weighted by Gasteiger charge is -2.58. The number of amides is 2. The molecule has 4 bridgehead atoms. The summed E-state index contributed by atoms with van der Waals surface area (Å²) in [6, 6.07) is 2.78. The van der Waals surface area contributed by atoms with Crippen LogP contribution < -0.4 is 15.4 Å². The molecule has 0 saturated heterocycles. The van der Waals surface area contributed by atoms with Crippen LogP contribution >= 0.6 is 34.8 Å². The second-order valence-electron chi connectivity index (χ2n) is 10.0. The van der Waals surface area contributed by atoms with Crippen molar-refractivity contribution < 1.29 is 18.0 Å². The average molecular weight is 566 g/mol. The van der Waals surface area contributed by atoms with Crippen LogP contribution in [-0.4, -0.2) is 50.2 Å². The van der Waals surface area contributed by atoms with Gasteiger partial charge in [-0.05, 0) is 68.9 Å². The average Bonchev–Trinajstić information content (AvgIpc) is 2.76. The lowest BCUT2D eigenvalue weighted by atomic mass is 9.47. The number of anilines is 1. The van der Waals surface area contributed by atoms with E-state index in [0.717, 1.165) is 27.9 Å². The smallest absolute Gasteiger partial charge is 0.304 e. The molecule has 2 unspecified atom stereocenters. The second kappa shape index (κ2) is 9.89. The van der Waals surface area contributed by atoms with Gasteiger partial charge in [0.25, 0.3) is 0 Å². The normalized spacial score (nSPS) is 29.4. The predicted molar refractivity (Wildman–Crippen MR) is 138 cm³/mol. The molecule has 0 aromatic heterocycles. The number of primary amides is 1. The molecule has 35 heavy (non-hydrogen) atoms. The molecule has 5 rings (SSSR count). The Morgan fingerprint density at radius 1 is 1.06 bits per heavy atom. The van der Waals surface area contributed by atoms with E-state index in [-0.39, 0.29) is 70.1 Å². The van der Waals surface area contributed by atoms with Gasteiger partial charge >= 0.3 is 10.2 Å². The van der Waals surface area contributed by atoms with Crippen molar-refractivity contribution in [2.75, 3.05) is 23.9 Å². The zero-order valence-corrected chi connectivity index (χ0v) is 22.9. The first-order chi connectivity index (χ1) is 16.4. The zero-order valence-electron chi connectivity index (χ0n) is 19.8. The molecular formula is C23H31Cl3N4O4S. The fourth-order valence-corrected chi connectivity index (χ4v) is 9.42. The van der Waals surface area contributed by atoms with E-state index in [1.165, 1.54) is 12.1 Å². The van der Waals surface area contributed by atoms with Gasteiger partial charge < -0.3 is 11.1 Å². The first kappa shape index (κ1) is 26.8. The van der Waals surface area contributed by atoms with Crippen LogP contribution in [0, 0.1) is 23.2 Å². The van der Waals surface area contributed by atoms with Crippen LogP contribution in [0.5, 0.6) is 0 Å². The van der Waals surface area contributed by atoms with Crippen LogP contribution in [0.25, 0.3) is 0 Å². The van der Waals surface area contributed by atoms with Crippen molar-refractivity contribution in [1.82, 2.24) is 9.62 Å². The van der Waals surface area contributed by atoms with Crippen molar-refractivity contribution in [3.63, 3.8) is 0 Å². The monoisotopic (exact) mass is 564 g/mol. The molecule has 8 nitrogen and oxygen atoms in total. The topological polar surface area (TPSA) is 113 Å². The molecule has 0 spiro atoms. The van der Waals surface area contributed by atoms with E-state index in [4.69, 9.17) is 40.5 Å². The molecule has 0 aliphatic heterocycles. The van der Waals surface area contributed by atoms with Gasteiger partial charge in [-0.1, -0.05) is 41.7 Å². The van der Waals surface area contributed by atoms with E-state index >= 15 is 0 Å². The van der Waals surface area contributed by atoms with Crippen molar-refractivity contribution in [2.24, 2.45) is 28.9 Å². The number of benzene rings is 1. The zero-order chi connectivity index (χ0) is 25.7. The van der Waals surface area contributed by atoms with E-state index in [2.05, 4.69) is 5.32 Å². The van der Waals surface area contributed by atoms with E-state index in [0.29, 0.717) is 18.8 Å². The number of nitrogens with zero attached hydrogens (tertiary/aromatic N) is 2. The minimum Gasteiger partial charge on any atom is -0.369 e. The molecule has 3 N–H and O–H groups in total. The van der Waals surface area contributed by atoms with Crippen molar-refractivity contribution in [1.29, 1.82) is 0 Å². The molecule has 4 aliphatic rings. The van der Waals surface area contributed by atoms with Gasteiger partial charge in [0.2, 0.25) is 11.8 Å². The molecule has 0 heterocycles. The highest BCUT2D eigenvalue weighted by Gasteiger charge is 2.58. The molecule has 1 aromatic carbocycles. The van der Waals surface area contributed by atoms with Crippen molar-refractivity contribution >= 4 is 62.5 Å². The summed E-state index contributed by atoms with van der Waals surface area (Å²) in [5, 5.41) is 3.59. The summed E-state index contributed by atoms with van der Waals surface area (Å²) in [7, 11) is -4.12. The fourth-order valence-electron chi connectivity index (χ4n) is 6.66. The van der Waals surface area contributed by atoms with E-state index in [1.807, 2.05) is 0 Å². The maximum atomic E-state index is 13.5. The van der Waals surface area contributed by atoms with Crippen molar-refractivity contribution in [2.45, 2.75) is 52.0 Å². The number of nitrogens with one attached hydrogen (secondary N) is 1. The number of carbonyl (C=O) groups excluding carboxylic acids is 2. The maximum absolute atomic E-state index is 13.5. The van der Waals surface area contributed by atoms with Crippen LogP contribution in [0.15, 0.2) is 12.1 Å². The number of hydrogen-bond acceptors (Lipinski definition) is 4. The lowest BCUT2D eigenvalue weighted by molar-refractivity contribution is -0.147. The maximum Gasteiger partial charge on any atom is 0.304 e. The Labute approximate surface area is 221 Å². The van der Waals surface area contributed by atoms with Gasteiger partial charge in [-0.3, -0.25) is 13.9 Å². The Hall–Kier alpha value is -1.26. The van der Waals surface area contributed by atoms with Gasteiger partial charge in [0.1, 0.15) is 0 Å². The number of hydrogen-bond donors (Lipinski definition) is 2. The number of nitrogens with two attached hydrogens (primary N) is 1. The largest absolute Gasteiger partial charge is 0.369 e. The highest BCUT2D eigenvalue weighted by Crippen LogP contribution is 2.59. The van der Waals surface area contributed by atoms with Gasteiger partial charge in [0.05, 0.1) is 22.3 Å². The molecule has 194 valence electrons.